The van der Waals surface area contributed by atoms with E-state index in [9.17, 15) is 4.79 Å². The Morgan fingerprint density at radius 2 is 2.23 bits per heavy atom. The van der Waals surface area contributed by atoms with Gasteiger partial charge in [0.15, 0.2) is 0 Å². The summed E-state index contributed by atoms with van der Waals surface area (Å²) in [4.78, 5) is 18.7. The second-order valence-electron chi connectivity index (χ2n) is 6.09. The lowest BCUT2D eigenvalue weighted by Gasteiger charge is -2.23. The molecule has 0 spiro atoms. The molecule has 4 heteroatoms. The number of carbonyl (C=O) groups is 1. The van der Waals surface area contributed by atoms with E-state index in [1.165, 1.54) is 10.9 Å². The zero-order valence-electron chi connectivity index (χ0n) is 13.1. The molecule has 2 aromatic rings. The van der Waals surface area contributed by atoms with Crippen molar-refractivity contribution in [3.63, 3.8) is 0 Å². The van der Waals surface area contributed by atoms with Crippen molar-refractivity contribution in [1.29, 1.82) is 0 Å². The van der Waals surface area contributed by atoms with E-state index in [4.69, 9.17) is 0 Å². The maximum atomic E-state index is 12.7. The average molecular weight is 297 g/mol. The maximum absolute atomic E-state index is 12.7. The summed E-state index contributed by atoms with van der Waals surface area (Å²) in [5.41, 5.74) is 1.18. The van der Waals surface area contributed by atoms with Crippen LogP contribution in [0.2, 0.25) is 0 Å². The SMILES string of the molecule is CN(Cc1cccc2cnccc12)C(=O)C1CCCNCC1. The van der Waals surface area contributed by atoms with Crippen LogP contribution in [0.25, 0.3) is 10.8 Å². The monoisotopic (exact) mass is 297 g/mol. The van der Waals surface area contributed by atoms with Crippen LogP contribution in [0.5, 0.6) is 0 Å². The van der Waals surface area contributed by atoms with Crippen molar-refractivity contribution in [1.82, 2.24) is 15.2 Å². The molecular weight excluding hydrogens is 274 g/mol. The molecule has 1 amide bonds. The first-order valence-corrected chi connectivity index (χ1v) is 8.03. The van der Waals surface area contributed by atoms with Gasteiger partial charge < -0.3 is 10.2 Å². The van der Waals surface area contributed by atoms with Crippen LogP contribution in [-0.4, -0.2) is 35.9 Å². The lowest BCUT2D eigenvalue weighted by Crippen LogP contribution is -2.33. The Hall–Kier alpha value is -1.94. The number of aromatic nitrogens is 1. The van der Waals surface area contributed by atoms with Gasteiger partial charge in [0.1, 0.15) is 0 Å². The van der Waals surface area contributed by atoms with Gasteiger partial charge in [-0.2, -0.15) is 0 Å². The molecule has 1 aromatic heterocycles. The molecule has 1 aromatic carbocycles. The fourth-order valence-corrected chi connectivity index (χ4v) is 3.24. The van der Waals surface area contributed by atoms with Gasteiger partial charge in [-0.15, -0.1) is 0 Å². The van der Waals surface area contributed by atoms with Crippen molar-refractivity contribution >= 4 is 16.7 Å². The van der Waals surface area contributed by atoms with E-state index < -0.39 is 0 Å². The molecule has 22 heavy (non-hydrogen) atoms. The average Bonchev–Trinajstić information content (AvgIpc) is 2.83. The Labute approximate surface area is 131 Å². The summed E-state index contributed by atoms with van der Waals surface area (Å²) in [6, 6.07) is 8.22. The van der Waals surface area contributed by atoms with E-state index >= 15 is 0 Å². The Morgan fingerprint density at radius 1 is 1.32 bits per heavy atom. The van der Waals surface area contributed by atoms with Gasteiger partial charge >= 0.3 is 0 Å². The lowest BCUT2D eigenvalue weighted by atomic mass is 9.98. The van der Waals surface area contributed by atoms with Crippen molar-refractivity contribution in [3.8, 4) is 0 Å². The van der Waals surface area contributed by atoms with Crippen molar-refractivity contribution in [2.75, 3.05) is 20.1 Å². The molecule has 1 atom stereocenters. The number of benzene rings is 1. The van der Waals surface area contributed by atoms with E-state index in [1.54, 1.807) is 0 Å². The zero-order valence-corrected chi connectivity index (χ0v) is 13.1. The first-order chi connectivity index (χ1) is 10.8. The summed E-state index contributed by atoms with van der Waals surface area (Å²) in [5.74, 6) is 0.436. The summed E-state index contributed by atoms with van der Waals surface area (Å²) >= 11 is 0. The van der Waals surface area contributed by atoms with Crippen LogP contribution in [0.3, 0.4) is 0 Å². The standard InChI is InChI=1S/C18H23N3O/c1-21(18(22)14-6-3-9-19-10-7-14)13-16-5-2-4-15-12-20-11-8-17(15)16/h2,4-5,8,11-12,14,19H,3,6-7,9-10,13H2,1H3. The lowest BCUT2D eigenvalue weighted by molar-refractivity contribution is -0.135. The van der Waals surface area contributed by atoms with Gasteiger partial charge in [-0.05, 0) is 49.4 Å². The molecule has 1 unspecified atom stereocenters. The minimum absolute atomic E-state index is 0.164. The van der Waals surface area contributed by atoms with Crippen molar-refractivity contribution < 1.29 is 4.79 Å². The number of carbonyl (C=O) groups excluding carboxylic acids is 1. The molecule has 0 aliphatic carbocycles. The highest BCUT2D eigenvalue weighted by atomic mass is 16.2. The molecule has 1 saturated heterocycles. The van der Waals surface area contributed by atoms with Gasteiger partial charge in [-0.3, -0.25) is 9.78 Å². The third-order valence-corrected chi connectivity index (χ3v) is 4.48. The number of fused-ring (bicyclic) bond motifs is 1. The van der Waals surface area contributed by atoms with Gasteiger partial charge in [0.25, 0.3) is 0 Å². The van der Waals surface area contributed by atoms with Gasteiger partial charge in [0.05, 0.1) is 0 Å². The first kappa shape index (κ1) is 15.0. The number of rotatable bonds is 3. The Kier molecular flexibility index (Phi) is 4.68. The number of amides is 1. The quantitative estimate of drug-likeness (QED) is 0.947. The molecule has 4 nitrogen and oxygen atoms in total. The molecule has 2 heterocycles. The minimum atomic E-state index is 0.164. The van der Waals surface area contributed by atoms with E-state index in [-0.39, 0.29) is 11.8 Å². The van der Waals surface area contributed by atoms with E-state index in [2.05, 4.69) is 22.4 Å². The molecular formula is C18H23N3O. The molecule has 1 aliphatic heterocycles. The first-order valence-electron chi connectivity index (χ1n) is 8.03. The number of nitrogens with zero attached hydrogens (tertiary/aromatic N) is 2. The number of hydrogen-bond acceptors (Lipinski definition) is 3. The molecule has 1 fully saturated rings. The van der Waals surface area contributed by atoms with Crippen molar-refractivity contribution in [3.05, 3.63) is 42.2 Å². The fraction of sp³-hybridized carbons (Fsp3) is 0.444. The van der Waals surface area contributed by atoms with E-state index in [1.807, 2.05) is 36.5 Å². The van der Waals surface area contributed by atoms with E-state index in [0.29, 0.717) is 6.54 Å². The van der Waals surface area contributed by atoms with Crippen LogP contribution in [0.15, 0.2) is 36.7 Å². The predicted molar refractivity (Wildman–Crippen MR) is 88.4 cm³/mol. The summed E-state index contributed by atoms with van der Waals surface area (Å²) in [6.45, 7) is 2.64. The molecule has 0 bridgehead atoms. The Morgan fingerprint density at radius 3 is 3.14 bits per heavy atom. The molecule has 116 valence electrons. The second kappa shape index (κ2) is 6.88. The molecule has 0 saturated carbocycles. The molecule has 1 aliphatic rings. The largest absolute Gasteiger partial charge is 0.341 e. The smallest absolute Gasteiger partial charge is 0.225 e. The number of pyridine rings is 1. The fourth-order valence-electron chi connectivity index (χ4n) is 3.24. The normalized spacial score (nSPS) is 18.9. The van der Waals surface area contributed by atoms with Gasteiger partial charge in [-0.1, -0.05) is 18.2 Å². The topological polar surface area (TPSA) is 45.2 Å². The van der Waals surface area contributed by atoms with Crippen LogP contribution < -0.4 is 5.32 Å². The zero-order chi connectivity index (χ0) is 15.4. The van der Waals surface area contributed by atoms with Gasteiger partial charge in [0.2, 0.25) is 5.91 Å². The summed E-state index contributed by atoms with van der Waals surface area (Å²) in [7, 11) is 1.92. The Balaban J connectivity index is 1.74. The molecule has 0 radical (unpaired) electrons. The van der Waals surface area contributed by atoms with Gasteiger partial charge in [-0.25, -0.2) is 0 Å². The highest BCUT2D eigenvalue weighted by molar-refractivity contribution is 5.85. The third-order valence-electron chi connectivity index (χ3n) is 4.48. The van der Waals surface area contributed by atoms with Crippen LogP contribution in [0.1, 0.15) is 24.8 Å². The number of nitrogens with one attached hydrogen (secondary N) is 1. The number of hydrogen-bond donors (Lipinski definition) is 1. The Bertz CT molecular complexity index is 642. The van der Waals surface area contributed by atoms with Crippen LogP contribution in [0, 0.1) is 5.92 Å². The highest BCUT2D eigenvalue weighted by Gasteiger charge is 2.23. The second-order valence-corrected chi connectivity index (χ2v) is 6.09. The van der Waals surface area contributed by atoms with Crippen LogP contribution in [0.4, 0.5) is 0 Å². The highest BCUT2D eigenvalue weighted by Crippen LogP contribution is 2.21. The predicted octanol–water partition coefficient (Wildman–Crippen LogP) is 2.58. The summed E-state index contributed by atoms with van der Waals surface area (Å²) in [5, 5.41) is 5.67. The maximum Gasteiger partial charge on any atom is 0.225 e. The third kappa shape index (κ3) is 3.28. The minimum Gasteiger partial charge on any atom is -0.341 e. The van der Waals surface area contributed by atoms with Crippen molar-refractivity contribution in [2.24, 2.45) is 5.92 Å². The van der Waals surface area contributed by atoms with Gasteiger partial charge in [0, 0.05) is 37.3 Å². The van der Waals surface area contributed by atoms with E-state index in [0.717, 1.165) is 37.7 Å². The molecule has 3 rings (SSSR count). The summed E-state index contributed by atoms with van der Waals surface area (Å²) < 4.78 is 0. The van der Waals surface area contributed by atoms with Crippen LogP contribution in [-0.2, 0) is 11.3 Å². The molecule has 1 N–H and O–H groups in total. The van der Waals surface area contributed by atoms with Crippen LogP contribution >= 0.6 is 0 Å². The summed E-state index contributed by atoms with van der Waals surface area (Å²) in [6.07, 6.45) is 6.71. The van der Waals surface area contributed by atoms with Crippen molar-refractivity contribution in [2.45, 2.75) is 25.8 Å².